The number of imidazole rings is 1. The lowest BCUT2D eigenvalue weighted by molar-refractivity contribution is -0.0244. The summed E-state index contributed by atoms with van der Waals surface area (Å²) in [5.74, 6) is 7.62. The van der Waals surface area contributed by atoms with Crippen molar-refractivity contribution in [3.05, 3.63) is 18.2 Å². The molecule has 0 saturated heterocycles. The number of nitrogens with zero attached hydrogens (tertiary/aromatic N) is 2. The number of ether oxygens (including phenoxy) is 1. The van der Waals surface area contributed by atoms with Gasteiger partial charge in [0.1, 0.15) is 0 Å². The zero-order valence-corrected chi connectivity index (χ0v) is 9.45. The molecule has 0 saturated carbocycles. The molecule has 0 amide bonds. The highest BCUT2D eigenvalue weighted by molar-refractivity contribution is 5.23. The van der Waals surface area contributed by atoms with Gasteiger partial charge in [-0.05, 0) is 6.92 Å². The molecule has 0 N–H and O–H groups in total. The predicted octanol–water partition coefficient (Wildman–Crippen LogP) is 1.79. The van der Waals surface area contributed by atoms with E-state index in [9.17, 15) is 0 Å². The van der Waals surface area contributed by atoms with E-state index in [4.69, 9.17) is 4.74 Å². The molecule has 1 aliphatic rings. The van der Waals surface area contributed by atoms with E-state index in [0.717, 1.165) is 12.4 Å². The van der Waals surface area contributed by atoms with E-state index in [2.05, 4.69) is 35.2 Å². The molecule has 1 aliphatic heterocycles. The summed E-state index contributed by atoms with van der Waals surface area (Å²) in [5.41, 5.74) is -0.536. The fourth-order valence-corrected chi connectivity index (χ4v) is 1.69. The van der Waals surface area contributed by atoms with Gasteiger partial charge >= 0.3 is 0 Å². The molecule has 15 heavy (non-hydrogen) atoms. The monoisotopic (exact) mass is 204 g/mol. The summed E-state index contributed by atoms with van der Waals surface area (Å²) in [4.78, 5) is 4.32. The molecule has 2 rings (SSSR count). The lowest BCUT2D eigenvalue weighted by Gasteiger charge is -2.29. The summed E-state index contributed by atoms with van der Waals surface area (Å²) in [5, 5.41) is 0. The van der Waals surface area contributed by atoms with Gasteiger partial charge in [0.05, 0.1) is 6.61 Å². The number of hydrogen-bond donors (Lipinski definition) is 0. The summed E-state index contributed by atoms with van der Waals surface area (Å²) in [7, 11) is 0. The fourth-order valence-electron chi connectivity index (χ4n) is 1.69. The van der Waals surface area contributed by atoms with Crippen LogP contribution in [0.2, 0.25) is 0 Å². The molecule has 3 nitrogen and oxygen atoms in total. The standard InChI is InChI=1S/C12H16N2O/c1-10(2)4-5-12(3)11-13-6-7-14(11)8-9-15-12/h6-7,10H,8-9H2,1-3H3. The molecule has 0 radical (unpaired) electrons. The predicted molar refractivity (Wildman–Crippen MR) is 58.1 cm³/mol. The third-order valence-electron chi connectivity index (χ3n) is 2.46. The van der Waals surface area contributed by atoms with Crippen LogP contribution in [0.15, 0.2) is 12.4 Å². The van der Waals surface area contributed by atoms with Gasteiger partial charge in [-0.1, -0.05) is 25.7 Å². The van der Waals surface area contributed by atoms with E-state index in [1.165, 1.54) is 0 Å². The van der Waals surface area contributed by atoms with Crippen molar-refractivity contribution in [1.29, 1.82) is 0 Å². The molecule has 1 aromatic rings. The maximum Gasteiger partial charge on any atom is 0.183 e. The van der Waals surface area contributed by atoms with Crippen molar-refractivity contribution in [2.75, 3.05) is 6.61 Å². The first-order valence-electron chi connectivity index (χ1n) is 5.30. The lowest BCUT2D eigenvalue weighted by atomic mass is 10.0. The molecule has 1 atom stereocenters. The first-order chi connectivity index (χ1) is 7.12. The first kappa shape index (κ1) is 10.3. The summed E-state index contributed by atoms with van der Waals surface area (Å²) in [6.07, 6.45) is 3.78. The molecule has 0 spiro atoms. The molecule has 1 unspecified atom stereocenters. The highest BCUT2D eigenvalue weighted by atomic mass is 16.5. The van der Waals surface area contributed by atoms with Crippen molar-refractivity contribution < 1.29 is 4.74 Å². The summed E-state index contributed by atoms with van der Waals surface area (Å²) in [6.45, 7) is 7.71. The molecule has 2 heterocycles. The second-order valence-electron chi connectivity index (χ2n) is 4.25. The van der Waals surface area contributed by atoms with Gasteiger partial charge in [0.25, 0.3) is 0 Å². The maximum absolute atomic E-state index is 5.74. The van der Waals surface area contributed by atoms with Crippen LogP contribution in [0.5, 0.6) is 0 Å². The third-order valence-corrected chi connectivity index (χ3v) is 2.46. The van der Waals surface area contributed by atoms with Crippen molar-refractivity contribution in [3.8, 4) is 11.8 Å². The largest absolute Gasteiger partial charge is 0.353 e. The molecule has 0 aliphatic carbocycles. The van der Waals surface area contributed by atoms with Crippen LogP contribution < -0.4 is 0 Å². The van der Waals surface area contributed by atoms with Gasteiger partial charge in [-0.25, -0.2) is 4.98 Å². The van der Waals surface area contributed by atoms with E-state index in [-0.39, 0.29) is 0 Å². The number of hydrogen-bond acceptors (Lipinski definition) is 2. The van der Waals surface area contributed by atoms with Gasteiger partial charge in [-0.15, -0.1) is 0 Å². The van der Waals surface area contributed by atoms with Crippen LogP contribution in [0, 0.1) is 17.8 Å². The van der Waals surface area contributed by atoms with E-state index >= 15 is 0 Å². The van der Waals surface area contributed by atoms with Crippen LogP contribution in [-0.4, -0.2) is 16.2 Å². The Hall–Kier alpha value is -1.27. The number of rotatable bonds is 0. The Bertz CT molecular complexity index is 411. The fraction of sp³-hybridized carbons (Fsp3) is 0.583. The van der Waals surface area contributed by atoms with Crippen molar-refractivity contribution in [2.45, 2.75) is 32.9 Å². The average Bonchev–Trinajstić information content (AvgIpc) is 2.65. The Morgan fingerprint density at radius 1 is 1.60 bits per heavy atom. The molecule has 0 fully saturated rings. The average molecular weight is 204 g/mol. The van der Waals surface area contributed by atoms with Crippen LogP contribution in [0.1, 0.15) is 26.6 Å². The van der Waals surface area contributed by atoms with Gasteiger partial charge in [0.15, 0.2) is 11.4 Å². The molecule has 3 heteroatoms. The van der Waals surface area contributed by atoms with Crippen molar-refractivity contribution in [1.82, 2.24) is 9.55 Å². The Labute approximate surface area is 90.5 Å². The zero-order chi connectivity index (χ0) is 10.9. The van der Waals surface area contributed by atoms with Gasteiger partial charge in [0, 0.05) is 24.9 Å². The van der Waals surface area contributed by atoms with Crippen molar-refractivity contribution >= 4 is 0 Å². The van der Waals surface area contributed by atoms with E-state index < -0.39 is 5.60 Å². The lowest BCUT2D eigenvalue weighted by Crippen LogP contribution is -2.35. The molecule has 0 bridgehead atoms. The van der Waals surface area contributed by atoms with Gasteiger partial charge < -0.3 is 9.30 Å². The van der Waals surface area contributed by atoms with Crippen LogP contribution in [0.4, 0.5) is 0 Å². The quantitative estimate of drug-likeness (QED) is 0.602. The number of fused-ring (bicyclic) bond motifs is 1. The van der Waals surface area contributed by atoms with Gasteiger partial charge in [0.2, 0.25) is 0 Å². The highest BCUT2D eigenvalue weighted by Crippen LogP contribution is 2.26. The summed E-state index contributed by atoms with van der Waals surface area (Å²) >= 11 is 0. The zero-order valence-electron chi connectivity index (χ0n) is 9.45. The first-order valence-corrected chi connectivity index (χ1v) is 5.30. The minimum Gasteiger partial charge on any atom is -0.353 e. The normalized spacial score (nSPS) is 24.5. The highest BCUT2D eigenvalue weighted by Gasteiger charge is 2.33. The Morgan fingerprint density at radius 2 is 2.40 bits per heavy atom. The van der Waals surface area contributed by atoms with Crippen molar-refractivity contribution in [2.24, 2.45) is 5.92 Å². The second-order valence-corrected chi connectivity index (χ2v) is 4.25. The van der Waals surface area contributed by atoms with E-state index in [0.29, 0.717) is 12.5 Å². The maximum atomic E-state index is 5.74. The molecule has 0 aromatic carbocycles. The molecular formula is C12H16N2O. The minimum absolute atomic E-state index is 0.357. The smallest absolute Gasteiger partial charge is 0.183 e. The van der Waals surface area contributed by atoms with Crippen LogP contribution in [0.3, 0.4) is 0 Å². The molecular weight excluding hydrogens is 188 g/mol. The minimum atomic E-state index is -0.536. The molecule has 80 valence electrons. The Morgan fingerprint density at radius 3 is 3.13 bits per heavy atom. The van der Waals surface area contributed by atoms with Gasteiger partial charge in [-0.2, -0.15) is 0 Å². The van der Waals surface area contributed by atoms with E-state index in [1.807, 2.05) is 13.1 Å². The van der Waals surface area contributed by atoms with E-state index in [1.54, 1.807) is 6.20 Å². The number of aromatic nitrogens is 2. The Kier molecular flexibility index (Phi) is 2.54. The van der Waals surface area contributed by atoms with Crippen LogP contribution in [-0.2, 0) is 16.9 Å². The third kappa shape index (κ3) is 1.91. The second kappa shape index (κ2) is 3.71. The van der Waals surface area contributed by atoms with Crippen LogP contribution >= 0.6 is 0 Å². The topological polar surface area (TPSA) is 27.1 Å². The summed E-state index contributed by atoms with van der Waals surface area (Å²) < 4.78 is 7.85. The van der Waals surface area contributed by atoms with Crippen molar-refractivity contribution in [3.63, 3.8) is 0 Å². The van der Waals surface area contributed by atoms with Crippen LogP contribution in [0.25, 0.3) is 0 Å². The SMILES string of the molecule is CC(C)C#CC1(C)OCCn2ccnc21. The van der Waals surface area contributed by atoms with Gasteiger partial charge in [-0.3, -0.25) is 0 Å². The summed E-state index contributed by atoms with van der Waals surface area (Å²) in [6, 6.07) is 0. The Balaban J connectivity index is 2.36. The molecule has 1 aromatic heterocycles.